The maximum atomic E-state index is 13.0. The number of anilines is 2. The minimum absolute atomic E-state index is 0.0385. The Balaban J connectivity index is 1.32. The highest BCUT2D eigenvalue weighted by Gasteiger charge is 2.26. The van der Waals surface area contributed by atoms with Gasteiger partial charge in [0.25, 0.3) is 5.91 Å². The van der Waals surface area contributed by atoms with Gasteiger partial charge >= 0.3 is 5.97 Å². The van der Waals surface area contributed by atoms with Crippen LogP contribution < -0.4 is 10.2 Å². The van der Waals surface area contributed by atoms with Crippen molar-refractivity contribution in [2.75, 3.05) is 23.4 Å². The van der Waals surface area contributed by atoms with Gasteiger partial charge in [-0.3, -0.25) is 14.6 Å². The van der Waals surface area contributed by atoms with E-state index in [0.717, 1.165) is 47.8 Å². The second-order valence-corrected chi connectivity index (χ2v) is 8.07. The summed E-state index contributed by atoms with van der Waals surface area (Å²) >= 11 is 0. The zero-order chi connectivity index (χ0) is 22.1. The fraction of sp³-hybridized carbons (Fsp3) is 0.280. The molecular weight excluding hydrogens is 406 g/mol. The first-order chi connectivity index (χ1) is 15.6. The molecule has 0 radical (unpaired) electrons. The molecule has 2 amide bonds. The van der Waals surface area contributed by atoms with E-state index in [4.69, 9.17) is 4.74 Å². The average molecular weight is 429 g/mol. The summed E-state index contributed by atoms with van der Waals surface area (Å²) in [5.74, 6) is -0.927. The topological polar surface area (TPSA) is 88.6 Å². The molecule has 2 heterocycles. The zero-order valence-electron chi connectivity index (χ0n) is 17.6. The normalized spacial score (nSPS) is 15.1. The van der Waals surface area contributed by atoms with Crippen molar-refractivity contribution in [3.63, 3.8) is 0 Å². The molecule has 0 bridgehead atoms. The summed E-state index contributed by atoms with van der Waals surface area (Å²) in [6, 6.07) is 14.7. The molecule has 1 N–H and O–H groups in total. The molecule has 1 aromatic heterocycles. The summed E-state index contributed by atoms with van der Waals surface area (Å²) in [6.45, 7) is 0.216. The third-order valence-corrected chi connectivity index (χ3v) is 6.00. The molecule has 1 aliphatic heterocycles. The smallest absolute Gasteiger partial charge is 0.339 e. The van der Waals surface area contributed by atoms with Gasteiger partial charge in [0, 0.05) is 24.0 Å². The van der Waals surface area contributed by atoms with E-state index in [-0.39, 0.29) is 5.91 Å². The summed E-state index contributed by atoms with van der Waals surface area (Å²) in [5, 5.41) is 3.53. The van der Waals surface area contributed by atoms with Crippen LogP contribution in [0.25, 0.3) is 10.9 Å². The number of carbonyl (C=O) groups excluding carboxylic acids is 3. The quantitative estimate of drug-likeness (QED) is 0.626. The molecule has 5 rings (SSSR count). The molecule has 32 heavy (non-hydrogen) atoms. The second-order valence-electron chi connectivity index (χ2n) is 8.07. The van der Waals surface area contributed by atoms with Crippen LogP contribution in [0.5, 0.6) is 0 Å². The van der Waals surface area contributed by atoms with Crippen LogP contribution in [0.3, 0.4) is 0 Å². The Morgan fingerprint density at radius 3 is 2.66 bits per heavy atom. The number of nitrogens with one attached hydrogen (secondary N) is 1. The fourth-order valence-electron chi connectivity index (χ4n) is 4.55. The van der Waals surface area contributed by atoms with Crippen LogP contribution in [0.2, 0.25) is 0 Å². The van der Waals surface area contributed by atoms with E-state index >= 15 is 0 Å². The number of benzene rings is 2. The summed E-state index contributed by atoms with van der Waals surface area (Å²) < 4.78 is 5.42. The Morgan fingerprint density at radius 2 is 1.81 bits per heavy atom. The Morgan fingerprint density at radius 1 is 1.00 bits per heavy atom. The predicted molar refractivity (Wildman–Crippen MR) is 121 cm³/mol. The van der Waals surface area contributed by atoms with Crippen LogP contribution in [0, 0.1) is 0 Å². The van der Waals surface area contributed by atoms with Crippen LogP contribution in [0.4, 0.5) is 11.4 Å². The number of amides is 2. The number of hydrogen-bond donors (Lipinski definition) is 1. The number of rotatable bonds is 5. The molecule has 7 heteroatoms. The van der Waals surface area contributed by atoms with Gasteiger partial charge in [0.15, 0.2) is 6.61 Å². The minimum Gasteiger partial charge on any atom is -0.452 e. The summed E-state index contributed by atoms with van der Waals surface area (Å²) in [5.41, 5.74) is 4.32. The Hall–Kier alpha value is -3.74. The molecule has 1 fully saturated rings. The number of esters is 1. The largest absolute Gasteiger partial charge is 0.452 e. The monoisotopic (exact) mass is 429 g/mol. The molecule has 0 unspecified atom stereocenters. The van der Waals surface area contributed by atoms with E-state index in [1.54, 1.807) is 23.1 Å². The molecule has 2 aromatic carbocycles. The minimum atomic E-state index is -0.514. The Bertz CT molecular complexity index is 1240. The second kappa shape index (κ2) is 8.42. The lowest BCUT2D eigenvalue weighted by atomic mass is 10.0. The highest BCUT2D eigenvalue weighted by molar-refractivity contribution is 6.07. The predicted octanol–water partition coefficient (Wildman–Crippen LogP) is 3.65. The van der Waals surface area contributed by atoms with Crippen LogP contribution in [-0.4, -0.2) is 35.9 Å². The van der Waals surface area contributed by atoms with Crippen molar-refractivity contribution in [2.45, 2.75) is 32.1 Å². The number of carbonyl (C=O) groups is 3. The van der Waals surface area contributed by atoms with Gasteiger partial charge in [-0.05, 0) is 49.4 Å². The molecule has 3 aromatic rings. The van der Waals surface area contributed by atoms with E-state index in [0.29, 0.717) is 29.9 Å². The van der Waals surface area contributed by atoms with Crippen LogP contribution in [0.1, 0.15) is 40.9 Å². The van der Waals surface area contributed by atoms with Crippen molar-refractivity contribution < 1.29 is 19.1 Å². The van der Waals surface area contributed by atoms with Gasteiger partial charge in [-0.1, -0.05) is 30.3 Å². The fourth-order valence-corrected chi connectivity index (χ4v) is 4.55. The van der Waals surface area contributed by atoms with Crippen molar-refractivity contribution in [2.24, 2.45) is 0 Å². The summed E-state index contributed by atoms with van der Waals surface area (Å²) in [7, 11) is 0. The zero-order valence-corrected chi connectivity index (χ0v) is 17.6. The van der Waals surface area contributed by atoms with Crippen molar-refractivity contribution in [1.82, 2.24) is 4.98 Å². The average Bonchev–Trinajstić information content (AvgIpc) is 3.44. The van der Waals surface area contributed by atoms with Crippen molar-refractivity contribution in [3.8, 4) is 0 Å². The van der Waals surface area contributed by atoms with Crippen LogP contribution in [0.15, 0.2) is 48.5 Å². The number of para-hydroxylation sites is 3. The van der Waals surface area contributed by atoms with E-state index in [1.807, 2.05) is 30.3 Å². The van der Waals surface area contributed by atoms with Crippen molar-refractivity contribution in [1.29, 1.82) is 0 Å². The van der Waals surface area contributed by atoms with Crippen LogP contribution in [-0.2, 0) is 27.2 Å². The van der Waals surface area contributed by atoms with Gasteiger partial charge in [-0.15, -0.1) is 0 Å². The first-order valence-corrected chi connectivity index (χ1v) is 10.9. The Labute approximate surface area is 185 Å². The molecule has 162 valence electrons. The van der Waals surface area contributed by atoms with E-state index in [1.165, 1.54) is 0 Å². The third kappa shape index (κ3) is 3.70. The number of pyridine rings is 1. The maximum absolute atomic E-state index is 13.0. The van der Waals surface area contributed by atoms with Gasteiger partial charge in [0.1, 0.15) is 0 Å². The van der Waals surface area contributed by atoms with Gasteiger partial charge in [0.05, 0.1) is 22.5 Å². The van der Waals surface area contributed by atoms with E-state index in [2.05, 4.69) is 10.3 Å². The third-order valence-electron chi connectivity index (χ3n) is 6.00. The molecule has 0 saturated carbocycles. The number of aryl methyl sites for hydroxylation is 1. The molecular formula is C25H23N3O4. The van der Waals surface area contributed by atoms with Crippen molar-refractivity contribution in [3.05, 3.63) is 65.4 Å². The molecule has 2 aliphatic rings. The highest BCUT2D eigenvalue weighted by Crippen LogP contribution is 2.31. The number of ether oxygens (including phenoxy) is 1. The summed E-state index contributed by atoms with van der Waals surface area (Å²) in [6.07, 6.45) is 3.87. The maximum Gasteiger partial charge on any atom is 0.339 e. The Kier molecular flexibility index (Phi) is 5.31. The first kappa shape index (κ1) is 20.2. The number of fused-ring (bicyclic) bond motifs is 2. The number of nitrogens with zero attached hydrogens (tertiary/aromatic N) is 2. The molecule has 7 nitrogen and oxygen atoms in total. The number of aromatic nitrogens is 1. The lowest BCUT2D eigenvalue weighted by molar-refractivity contribution is -0.119. The molecule has 0 spiro atoms. The van der Waals surface area contributed by atoms with Crippen LogP contribution >= 0.6 is 0 Å². The van der Waals surface area contributed by atoms with E-state index < -0.39 is 18.5 Å². The highest BCUT2D eigenvalue weighted by atomic mass is 16.5. The summed E-state index contributed by atoms with van der Waals surface area (Å²) in [4.78, 5) is 44.1. The molecule has 1 aliphatic carbocycles. The lowest BCUT2D eigenvalue weighted by Gasteiger charge is -2.20. The van der Waals surface area contributed by atoms with Gasteiger partial charge in [0.2, 0.25) is 5.91 Å². The van der Waals surface area contributed by atoms with Gasteiger partial charge in [-0.25, -0.2) is 4.79 Å². The van der Waals surface area contributed by atoms with Gasteiger partial charge in [-0.2, -0.15) is 0 Å². The standard InChI is InChI=1S/C25H23N3O4/c29-22(27-20-10-3-4-12-21(20)28-14-6-13-23(28)30)15-32-25(31)24-16-7-1-2-9-18(16)26-19-11-5-8-17(19)24/h1-4,7,9-10,12H,5-6,8,11,13-15H2,(H,27,29). The van der Waals surface area contributed by atoms with E-state index in [9.17, 15) is 14.4 Å². The molecule has 0 atom stereocenters. The SMILES string of the molecule is O=C(COC(=O)c1c2c(nc3ccccc13)CCC2)Nc1ccccc1N1CCCC1=O. The molecule has 1 saturated heterocycles. The van der Waals surface area contributed by atoms with Crippen molar-refractivity contribution >= 4 is 40.1 Å². The van der Waals surface area contributed by atoms with Gasteiger partial charge < -0.3 is 15.0 Å². The lowest BCUT2D eigenvalue weighted by Crippen LogP contribution is -2.27. The number of hydrogen-bond acceptors (Lipinski definition) is 5. The first-order valence-electron chi connectivity index (χ1n) is 10.9.